The van der Waals surface area contributed by atoms with Crippen LogP contribution in [0.5, 0.6) is 0 Å². The van der Waals surface area contributed by atoms with E-state index in [-0.39, 0.29) is 18.4 Å². The summed E-state index contributed by atoms with van der Waals surface area (Å²) in [7, 11) is 1.67. The van der Waals surface area contributed by atoms with E-state index in [9.17, 15) is 9.59 Å². The molecule has 1 N–H and O–H groups in total. The molecule has 0 radical (unpaired) electrons. The first-order chi connectivity index (χ1) is 10.1. The van der Waals surface area contributed by atoms with Gasteiger partial charge in [0.05, 0.1) is 24.9 Å². The number of carbonyl (C=O) groups excluding carboxylic acids is 2. The van der Waals surface area contributed by atoms with Crippen molar-refractivity contribution in [3.8, 4) is 0 Å². The molecule has 1 aromatic heterocycles. The van der Waals surface area contributed by atoms with E-state index in [0.717, 1.165) is 3.57 Å². The van der Waals surface area contributed by atoms with Crippen molar-refractivity contribution in [1.29, 1.82) is 0 Å². The highest BCUT2D eigenvalue weighted by Crippen LogP contribution is 2.11. The van der Waals surface area contributed by atoms with E-state index in [0.29, 0.717) is 17.9 Å². The van der Waals surface area contributed by atoms with Gasteiger partial charge < -0.3 is 14.6 Å². The molecular formula is C15H15IN2O3. The third kappa shape index (κ3) is 4.32. The second-order valence-corrected chi connectivity index (χ2v) is 5.65. The van der Waals surface area contributed by atoms with Gasteiger partial charge in [-0.15, -0.1) is 0 Å². The fourth-order valence-corrected chi connectivity index (χ4v) is 2.39. The molecule has 2 aromatic rings. The second kappa shape index (κ2) is 7.26. The first-order valence-corrected chi connectivity index (χ1v) is 7.45. The lowest BCUT2D eigenvalue weighted by atomic mass is 10.2. The molecule has 0 aliphatic carbocycles. The standard InChI is InChI=1S/C15H15IN2O3/c1-18(10-11-5-4-8-21-11)14(19)9-17-15(20)12-6-2-3-7-13(12)16/h2-8H,9-10H2,1H3,(H,17,20). The first-order valence-electron chi connectivity index (χ1n) is 6.37. The summed E-state index contributed by atoms with van der Waals surface area (Å²) in [6, 6.07) is 10.8. The van der Waals surface area contributed by atoms with Crippen molar-refractivity contribution in [1.82, 2.24) is 10.2 Å². The van der Waals surface area contributed by atoms with E-state index < -0.39 is 0 Å². The van der Waals surface area contributed by atoms with Gasteiger partial charge in [-0.2, -0.15) is 0 Å². The molecular weight excluding hydrogens is 383 g/mol. The van der Waals surface area contributed by atoms with Crippen LogP contribution in [0.25, 0.3) is 0 Å². The Balaban J connectivity index is 1.86. The summed E-state index contributed by atoms with van der Waals surface area (Å²) in [5.41, 5.74) is 0.569. The second-order valence-electron chi connectivity index (χ2n) is 4.49. The topological polar surface area (TPSA) is 62.6 Å². The lowest BCUT2D eigenvalue weighted by molar-refractivity contribution is -0.129. The van der Waals surface area contributed by atoms with E-state index in [1.54, 1.807) is 37.6 Å². The summed E-state index contributed by atoms with van der Waals surface area (Å²) in [5, 5.41) is 2.63. The Morgan fingerprint density at radius 1 is 1.24 bits per heavy atom. The molecule has 0 saturated carbocycles. The molecule has 0 spiro atoms. The number of rotatable bonds is 5. The van der Waals surface area contributed by atoms with Crippen molar-refractivity contribution in [2.24, 2.45) is 0 Å². The molecule has 0 aliphatic heterocycles. The predicted octanol–water partition coefficient (Wildman–Crippen LogP) is 2.27. The number of benzene rings is 1. The van der Waals surface area contributed by atoms with Crippen molar-refractivity contribution in [2.75, 3.05) is 13.6 Å². The minimum absolute atomic E-state index is 0.0407. The molecule has 0 bridgehead atoms. The van der Waals surface area contributed by atoms with Crippen LogP contribution >= 0.6 is 22.6 Å². The maximum Gasteiger partial charge on any atom is 0.252 e. The molecule has 1 heterocycles. The van der Waals surface area contributed by atoms with Crippen LogP contribution in [0.2, 0.25) is 0 Å². The number of amides is 2. The lowest BCUT2D eigenvalue weighted by Gasteiger charge is -2.16. The highest BCUT2D eigenvalue weighted by atomic mass is 127. The summed E-state index contributed by atoms with van der Waals surface area (Å²) in [5.74, 6) is 0.278. The van der Waals surface area contributed by atoms with Gasteiger partial charge in [0.2, 0.25) is 5.91 Å². The van der Waals surface area contributed by atoms with Crippen molar-refractivity contribution in [3.63, 3.8) is 0 Å². The van der Waals surface area contributed by atoms with Crippen molar-refractivity contribution in [2.45, 2.75) is 6.54 Å². The smallest absolute Gasteiger partial charge is 0.252 e. The highest BCUT2D eigenvalue weighted by molar-refractivity contribution is 14.1. The number of carbonyl (C=O) groups is 2. The van der Waals surface area contributed by atoms with Gasteiger partial charge in [-0.1, -0.05) is 12.1 Å². The number of likely N-dealkylation sites (N-methyl/N-ethyl adjacent to an activating group) is 1. The zero-order valence-electron chi connectivity index (χ0n) is 11.5. The Labute approximate surface area is 136 Å². The van der Waals surface area contributed by atoms with Crippen LogP contribution in [-0.4, -0.2) is 30.3 Å². The Bertz CT molecular complexity index is 626. The average Bonchev–Trinajstić information content (AvgIpc) is 2.97. The van der Waals surface area contributed by atoms with E-state index in [2.05, 4.69) is 27.9 Å². The molecule has 0 aliphatic rings. The van der Waals surface area contributed by atoms with Gasteiger partial charge in [-0.05, 0) is 46.9 Å². The number of halogens is 1. The largest absolute Gasteiger partial charge is 0.467 e. The molecule has 1 aromatic carbocycles. The summed E-state index contributed by atoms with van der Waals surface area (Å²) < 4.78 is 6.03. The van der Waals surface area contributed by atoms with E-state index in [4.69, 9.17) is 4.42 Å². The monoisotopic (exact) mass is 398 g/mol. The van der Waals surface area contributed by atoms with Crippen molar-refractivity contribution < 1.29 is 14.0 Å². The normalized spacial score (nSPS) is 10.2. The summed E-state index contributed by atoms with van der Waals surface area (Å²) in [6.45, 7) is 0.339. The van der Waals surface area contributed by atoms with Gasteiger partial charge >= 0.3 is 0 Å². The van der Waals surface area contributed by atoms with Gasteiger partial charge in [0, 0.05) is 10.6 Å². The number of nitrogens with one attached hydrogen (secondary N) is 1. The minimum Gasteiger partial charge on any atom is -0.467 e. The molecule has 0 saturated heterocycles. The van der Waals surface area contributed by atoms with Gasteiger partial charge in [-0.3, -0.25) is 9.59 Å². The molecule has 21 heavy (non-hydrogen) atoms. The number of nitrogens with zero attached hydrogens (tertiary/aromatic N) is 1. The average molecular weight is 398 g/mol. The van der Waals surface area contributed by atoms with Gasteiger partial charge in [-0.25, -0.2) is 0 Å². The summed E-state index contributed by atoms with van der Waals surface area (Å²) in [4.78, 5) is 25.5. The Hall–Kier alpha value is -1.83. The molecule has 2 rings (SSSR count). The molecule has 2 amide bonds. The first kappa shape index (κ1) is 15.6. The molecule has 0 atom stereocenters. The van der Waals surface area contributed by atoms with Gasteiger partial charge in [0.15, 0.2) is 0 Å². The van der Waals surface area contributed by atoms with Crippen LogP contribution in [0.1, 0.15) is 16.1 Å². The predicted molar refractivity (Wildman–Crippen MR) is 86.7 cm³/mol. The van der Waals surface area contributed by atoms with Crippen molar-refractivity contribution in [3.05, 3.63) is 57.6 Å². The molecule has 0 unspecified atom stereocenters. The Morgan fingerprint density at radius 3 is 2.67 bits per heavy atom. The highest BCUT2D eigenvalue weighted by Gasteiger charge is 2.14. The fraction of sp³-hybridized carbons (Fsp3) is 0.200. The molecule has 5 nitrogen and oxygen atoms in total. The molecule has 110 valence electrons. The lowest BCUT2D eigenvalue weighted by Crippen LogP contribution is -2.38. The SMILES string of the molecule is CN(Cc1ccco1)C(=O)CNC(=O)c1ccccc1I. The molecule has 0 fully saturated rings. The quantitative estimate of drug-likeness (QED) is 0.787. The number of hydrogen-bond donors (Lipinski definition) is 1. The third-order valence-electron chi connectivity index (χ3n) is 2.92. The Morgan fingerprint density at radius 2 is 2.00 bits per heavy atom. The zero-order valence-corrected chi connectivity index (χ0v) is 13.7. The van der Waals surface area contributed by atoms with Gasteiger partial charge in [0.1, 0.15) is 5.76 Å². The fourth-order valence-electron chi connectivity index (χ4n) is 1.76. The van der Waals surface area contributed by atoms with Crippen LogP contribution in [0.4, 0.5) is 0 Å². The third-order valence-corrected chi connectivity index (χ3v) is 3.86. The van der Waals surface area contributed by atoms with Crippen LogP contribution < -0.4 is 5.32 Å². The summed E-state index contributed by atoms with van der Waals surface area (Å²) >= 11 is 2.09. The minimum atomic E-state index is -0.250. The Kier molecular flexibility index (Phi) is 5.38. The summed E-state index contributed by atoms with van der Waals surface area (Å²) in [6.07, 6.45) is 1.56. The van der Waals surface area contributed by atoms with E-state index >= 15 is 0 Å². The van der Waals surface area contributed by atoms with Crippen LogP contribution in [0.15, 0.2) is 47.1 Å². The van der Waals surface area contributed by atoms with Crippen LogP contribution in [0.3, 0.4) is 0 Å². The number of furan rings is 1. The van der Waals surface area contributed by atoms with Crippen LogP contribution in [-0.2, 0) is 11.3 Å². The number of hydrogen-bond acceptors (Lipinski definition) is 3. The van der Waals surface area contributed by atoms with E-state index in [1.807, 2.05) is 12.1 Å². The van der Waals surface area contributed by atoms with Crippen molar-refractivity contribution >= 4 is 34.4 Å². The maximum atomic E-state index is 12.0. The van der Waals surface area contributed by atoms with Crippen LogP contribution in [0, 0.1) is 3.57 Å². The molecule has 6 heteroatoms. The maximum absolute atomic E-state index is 12.0. The zero-order chi connectivity index (χ0) is 15.2. The van der Waals surface area contributed by atoms with Gasteiger partial charge in [0.25, 0.3) is 5.91 Å². The van der Waals surface area contributed by atoms with E-state index in [1.165, 1.54) is 4.90 Å².